The van der Waals surface area contributed by atoms with Gasteiger partial charge < -0.3 is 0 Å². The SMILES string of the molecule is CCc1cccc(C(C)(C)C(C)(C)C)c1. The first-order valence-electron chi connectivity index (χ1n) is 5.88. The summed E-state index contributed by atoms with van der Waals surface area (Å²) in [4.78, 5) is 0. The van der Waals surface area contributed by atoms with Crippen molar-refractivity contribution in [2.45, 2.75) is 53.4 Å². The maximum Gasteiger partial charge on any atom is -0.00550 e. The fourth-order valence-corrected chi connectivity index (χ4v) is 1.61. The minimum Gasteiger partial charge on any atom is -0.0617 e. The Kier molecular flexibility index (Phi) is 3.28. The summed E-state index contributed by atoms with van der Waals surface area (Å²) in [7, 11) is 0. The maximum atomic E-state index is 2.35. The summed E-state index contributed by atoms with van der Waals surface area (Å²) in [5, 5.41) is 0. The summed E-state index contributed by atoms with van der Waals surface area (Å²) < 4.78 is 0. The van der Waals surface area contributed by atoms with Crippen LogP contribution in [0.2, 0.25) is 0 Å². The predicted octanol–water partition coefficient (Wildman–Crippen LogP) is 4.57. The Morgan fingerprint density at radius 2 is 1.60 bits per heavy atom. The van der Waals surface area contributed by atoms with Crippen LogP contribution in [-0.4, -0.2) is 0 Å². The second-order valence-corrected chi connectivity index (χ2v) is 5.93. The highest BCUT2D eigenvalue weighted by molar-refractivity contribution is 5.30. The Morgan fingerprint density at radius 1 is 1.00 bits per heavy atom. The van der Waals surface area contributed by atoms with Crippen LogP contribution in [0.15, 0.2) is 24.3 Å². The molecule has 0 aliphatic heterocycles. The molecule has 1 rings (SSSR count). The molecule has 0 amide bonds. The lowest BCUT2D eigenvalue weighted by atomic mass is 9.65. The van der Waals surface area contributed by atoms with Gasteiger partial charge in [-0.2, -0.15) is 0 Å². The standard InChI is InChI=1S/C15H24/c1-7-12-9-8-10-13(11-12)15(5,6)14(2,3)4/h8-11H,7H2,1-6H3. The lowest BCUT2D eigenvalue weighted by molar-refractivity contribution is 0.225. The van der Waals surface area contributed by atoms with Crippen molar-refractivity contribution >= 4 is 0 Å². The van der Waals surface area contributed by atoms with Gasteiger partial charge in [-0.15, -0.1) is 0 Å². The van der Waals surface area contributed by atoms with Gasteiger partial charge in [0.25, 0.3) is 0 Å². The van der Waals surface area contributed by atoms with Gasteiger partial charge in [0.05, 0.1) is 0 Å². The smallest absolute Gasteiger partial charge is 0.00550 e. The van der Waals surface area contributed by atoms with E-state index in [1.54, 1.807) is 0 Å². The van der Waals surface area contributed by atoms with Gasteiger partial charge in [-0.1, -0.05) is 65.8 Å². The highest BCUT2D eigenvalue weighted by Crippen LogP contribution is 2.40. The maximum absolute atomic E-state index is 2.35. The fraction of sp³-hybridized carbons (Fsp3) is 0.600. The van der Waals surface area contributed by atoms with E-state index in [1.807, 2.05) is 0 Å². The highest BCUT2D eigenvalue weighted by Gasteiger charge is 2.34. The molecule has 0 saturated carbocycles. The molecule has 0 fully saturated rings. The molecule has 0 heteroatoms. The van der Waals surface area contributed by atoms with Gasteiger partial charge in [0.15, 0.2) is 0 Å². The van der Waals surface area contributed by atoms with Crippen molar-refractivity contribution < 1.29 is 0 Å². The van der Waals surface area contributed by atoms with Gasteiger partial charge in [0.2, 0.25) is 0 Å². The van der Waals surface area contributed by atoms with Crippen molar-refractivity contribution in [1.82, 2.24) is 0 Å². The molecule has 1 aromatic rings. The predicted molar refractivity (Wildman–Crippen MR) is 68.3 cm³/mol. The van der Waals surface area contributed by atoms with Crippen LogP contribution in [0.1, 0.15) is 52.7 Å². The van der Waals surface area contributed by atoms with Crippen molar-refractivity contribution in [3.8, 4) is 0 Å². The Morgan fingerprint density at radius 3 is 2.07 bits per heavy atom. The molecule has 0 aliphatic rings. The minimum atomic E-state index is 0.220. The van der Waals surface area contributed by atoms with Crippen LogP contribution in [0.3, 0.4) is 0 Å². The number of benzene rings is 1. The van der Waals surface area contributed by atoms with Gasteiger partial charge in [0.1, 0.15) is 0 Å². The van der Waals surface area contributed by atoms with Crippen molar-refractivity contribution in [2.24, 2.45) is 5.41 Å². The van der Waals surface area contributed by atoms with E-state index < -0.39 is 0 Å². The van der Waals surface area contributed by atoms with E-state index in [0.717, 1.165) is 6.42 Å². The van der Waals surface area contributed by atoms with Gasteiger partial charge in [0, 0.05) is 0 Å². The van der Waals surface area contributed by atoms with Crippen molar-refractivity contribution in [3.05, 3.63) is 35.4 Å². The number of hydrogen-bond donors (Lipinski definition) is 0. The molecule has 0 nitrogen and oxygen atoms in total. The third-order valence-electron chi connectivity index (χ3n) is 3.93. The molecular weight excluding hydrogens is 180 g/mol. The van der Waals surface area contributed by atoms with Crippen LogP contribution in [0, 0.1) is 5.41 Å². The molecule has 0 atom stereocenters. The minimum absolute atomic E-state index is 0.220. The second-order valence-electron chi connectivity index (χ2n) is 5.93. The highest BCUT2D eigenvalue weighted by atomic mass is 14.4. The Hall–Kier alpha value is -0.780. The van der Waals surface area contributed by atoms with Crippen molar-refractivity contribution in [1.29, 1.82) is 0 Å². The van der Waals surface area contributed by atoms with Crippen LogP contribution in [-0.2, 0) is 11.8 Å². The van der Waals surface area contributed by atoms with E-state index >= 15 is 0 Å². The van der Waals surface area contributed by atoms with E-state index in [4.69, 9.17) is 0 Å². The fourth-order valence-electron chi connectivity index (χ4n) is 1.61. The van der Waals surface area contributed by atoms with Crippen LogP contribution < -0.4 is 0 Å². The normalized spacial score (nSPS) is 12.9. The van der Waals surface area contributed by atoms with Crippen LogP contribution in [0.25, 0.3) is 0 Å². The Labute approximate surface area is 94.7 Å². The zero-order valence-corrected chi connectivity index (χ0v) is 11.0. The molecule has 0 radical (unpaired) electrons. The third kappa shape index (κ3) is 2.42. The van der Waals surface area contributed by atoms with E-state index in [0.29, 0.717) is 5.41 Å². The molecule has 0 aromatic heterocycles. The second kappa shape index (κ2) is 4.00. The first-order valence-corrected chi connectivity index (χ1v) is 5.88. The van der Waals surface area contributed by atoms with Crippen LogP contribution in [0.5, 0.6) is 0 Å². The number of aryl methyl sites for hydroxylation is 1. The Bertz CT molecular complexity index is 326. The number of rotatable bonds is 2. The summed E-state index contributed by atoms with van der Waals surface area (Å²) in [6, 6.07) is 9.00. The summed E-state index contributed by atoms with van der Waals surface area (Å²) in [5.41, 5.74) is 3.40. The summed E-state index contributed by atoms with van der Waals surface area (Å²) in [5.74, 6) is 0. The molecule has 1 aromatic carbocycles. The van der Waals surface area contributed by atoms with Crippen LogP contribution >= 0.6 is 0 Å². The molecule has 0 heterocycles. The summed E-state index contributed by atoms with van der Waals surface area (Å²) >= 11 is 0. The lowest BCUT2D eigenvalue weighted by Crippen LogP contribution is -2.33. The molecule has 0 bridgehead atoms. The van der Waals surface area contributed by atoms with E-state index in [-0.39, 0.29) is 5.41 Å². The average Bonchev–Trinajstić information content (AvgIpc) is 2.16. The molecule has 15 heavy (non-hydrogen) atoms. The largest absolute Gasteiger partial charge is 0.0617 e. The zero-order valence-electron chi connectivity index (χ0n) is 11.0. The summed E-state index contributed by atoms with van der Waals surface area (Å²) in [6.45, 7) is 13.8. The third-order valence-corrected chi connectivity index (χ3v) is 3.93. The van der Waals surface area contributed by atoms with E-state index in [2.05, 4.69) is 65.8 Å². The van der Waals surface area contributed by atoms with E-state index in [9.17, 15) is 0 Å². The summed E-state index contributed by atoms with van der Waals surface area (Å²) in [6.07, 6.45) is 1.12. The van der Waals surface area contributed by atoms with Gasteiger partial charge in [-0.25, -0.2) is 0 Å². The molecule has 0 spiro atoms. The zero-order chi connectivity index (χ0) is 11.7. The first kappa shape index (κ1) is 12.3. The average molecular weight is 204 g/mol. The molecular formula is C15H24. The molecule has 0 unspecified atom stereocenters. The van der Waals surface area contributed by atoms with Crippen LogP contribution in [0.4, 0.5) is 0 Å². The monoisotopic (exact) mass is 204 g/mol. The molecule has 0 N–H and O–H groups in total. The van der Waals surface area contributed by atoms with E-state index in [1.165, 1.54) is 11.1 Å². The van der Waals surface area contributed by atoms with Gasteiger partial charge in [-0.3, -0.25) is 0 Å². The topological polar surface area (TPSA) is 0 Å². The van der Waals surface area contributed by atoms with Crippen molar-refractivity contribution in [2.75, 3.05) is 0 Å². The lowest BCUT2D eigenvalue weighted by Gasteiger charge is -2.39. The van der Waals surface area contributed by atoms with Gasteiger partial charge in [-0.05, 0) is 28.4 Å². The molecule has 0 aliphatic carbocycles. The molecule has 84 valence electrons. The first-order chi connectivity index (χ1) is 6.79. The van der Waals surface area contributed by atoms with Crippen molar-refractivity contribution in [3.63, 3.8) is 0 Å². The number of hydrogen-bond acceptors (Lipinski definition) is 0. The Balaban J connectivity index is 3.15. The molecule has 0 saturated heterocycles. The van der Waals surface area contributed by atoms with Gasteiger partial charge >= 0.3 is 0 Å². The quantitative estimate of drug-likeness (QED) is 0.662.